The summed E-state index contributed by atoms with van der Waals surface area (Å²) in [6.45, 7) is 0.398. The number of rotatable bonds is 4. The van der Waals surface area contributed by atoms with Crippen LogP contribution in [0.25, 0.3) is 0 Å². The smallest absolute Gasteiger partial charge is 0.417 e. The average molecular weight is 460 g/mol. The highest BCUT2D eigenvalue weighted by molar-refractivity contribution is 6.19. The van der Waals surface area contributed by atoms with Gasteiger partial charge in [-0.1, -0.05) is 12.1 Å². The first kappa shape index (κ1) is 21.5. The van der Waals surface area contributed by atoms with Gasteiger partial charge in [0, 0.05) is 37.6 Å². The number of alkyl halides is 4. The van der Waals surface area contributed by atoms with E-state index in [1.54, 1.807) is 18.2 Å². The van der Waals surface area contributed by atoms with Crippen LogP contribution >= 0.6 is 0 Å². The van der Waals surface area contributed by atoms with Crippen LogP contribution in [0.1, 0.15) is 30.5 Å². The number of aliphatic imine (C=N–C) groups is 1. The Labute approximate surface area is 187 Å². The zero-order chi connectivity index (χ0) is 23.2. The zero-order valence-electron chi connectivity index (χ0n) is 17.4. The Morgan fingerprint density at radius 3 is 2.67 bits per heavy atom. The van der Waals surface area contributed by atoms with Crippen molar-refractivity contribution in [2.75, 3.05) is 6.54 Å². The van der Waals surface area contributed by atoms with Crippen molar-refractivity contribution in [1.82, 2.24) is 14.9 Å². The molecule has 2 aliphatic heterocycles. The fraction of sp³-hybridized carbons (Fsp3) is 0.391. The Kier molecular flexibility index (Phi) is 5.18. The van der Waals surface area contributed by atoms with Crippen LogP contribution in [-0.2, 0) is 11.0 Å². The number of fused-ring (bicyclic) bond motifs is 2. The quantitative estimate of drug-likeness (QED) is 0.648. The van der Waals surface area contributed by atoms with E-state index in [1.165, 1.54) is 23.4 Å². The molecule has 10 heteroatoms. The van der Waals surface area contributed by atoms with Crippen molar-refractivity contribution < 1.29 is 27.1 Å². The summed E-state index contributed by atoms with van der Waals surface area (Å²) in [6.07, 6.45) is 1.35. The molecule has 5 rings (SSSR count). The second-order valence-electron chi connectivity index (χ2n) is 8.48. The average Bonchev–Trinajstić information content (AvgIpc) is 3.40. The maximum Gasteiger partial charge on any atom is 0.417 e. The number of likely N-dealkylation sites (tertiary alicyclic amines) is 1. The van der Waals surface area contributed by atoms with Crippen LogP contribution in [0.2, 0.25) is 0 Å². The molecule has 1 unspecified atom stereocenters. The number of ether oxygens (including phenoxy) is 1. The summed E-state index contributed by atoms with van der Waals surface area (Å²) < 4.78 is 60.4. The second kappa shape index (κ2) is 7.93. The van der Waals surface area contributed by atoms with Crippen molar-refractivity contribution in [3.63, 3.8) is 0 Å². The molecule has 2 fully saturated rings. The van der Waals surface area contributed by atoms with Crippen molar-refractivity contribution in [3.8, 4) is 5.88 Å². The molecule has 1 amide bonds. The van der Waals surface area contributed by atoms with E-state index >= 15 is 4.39 Å². The fourth-order valence-electron chi connectivity index (χ4n) is 4.83. The van der Waals surface area contributed by atoms with Gasteiger partial charge in [-0.2, -0.15) is 13.2 Å². The number of aromatic nitrogens is 2. The van der Waals surface area contributed by atoms with Crippen molar-refractivity contribution in [2.24, 2.45) is 10.9 Å². The number of halogens is 4. The molecule has 6 nitrogen and oxygen atoms in total. The predicted octanol–water partition coefficient (Wildman–Crippen LogP) is 3.98. The molecular weight excluding hydrogens is 440 g/mol. The number of carbonyl (C=O) groups excluding carboxylic acids is 1. The lowest BCUT2D eigenvalue weighted by molar-refractivity contribution is -0.143. The molecule has 0 N–H and O–H groups in total. The molecule has 1 aliphatic carbocycles. The van der Waals surface area contributed by atoms with Crippen molar-refractivity contribution >= 4 is 11.6 Å². The van der Waals surface area contributed by atoms with Gasteiger partial charge in [0.2, 0.25) is 11.5 Å². The molecule has 33 heavy (non-hydrogen) atoms. The molecule has 2 aromatic heterocycles. The molecule has 2 aromatic rings. The van der Waals surface area contributed by atoms with Gasteiger partial charge in [-0.25, -0.2) is 9.37 Å². The van der Waals surface area contributed by atoms with Gasteiger partial charge in [0.25, 0.3) is 5.91 Å². The minimum atomic E-state index is -4.49. The van der Waals surface area contributed by atoms with E-state index in [0.717, 1.165) is 12.1 Å². The molecule has 1 saturated heterocycles. The van der Waals surface area contributed by atoms with E-state index < -0.39 is 35.5 Å². The van der Waals surface area contributed by atoms with Gasteiger partial charge in [-0.3, -0.25) is 14.8 Å². The van der Waals surface area contributed by atoms with E-state index in [-0.39, 0.29) is 23.9 Å². The van der Waals surface area contributed by atoms with Crippen molar-refractivity contribution in [3.05, 3.63) is 66.3 Å². The topological polar surface area (TPSA) is 67.7 Å². The Morgan fingerprint density at radius 1 is 1.15 bits per heavy atom. The highest BCUT2D eigenvalue weighted by Crippen LogP contribution is 2.42. The number of carbonyl (C=O) groups is 1. The first-order chi connectivity index (χ1) is 15.8. The van der Waals surface area contributed by atoms with Gasteiger partial charge in [0.05, 0.1) is 17.3 Å². The first-order valence-electron chi connectivity index (χ1n) is 10.6. The molecule has 0 spiro atoms. The molecule has 2 bridgehead atoms. The molecule has 4 atom stereocenters. The van der Waals surface area contributed by atoms with E-state index in [4.69, 9.17) is 4.74 Å². The Morgan fingerprint density at radius 2 is 2.00 bits per heavy atom. The lowest BCUT2D eigenvalue weighted by Gasteiger charge is -2.38. The van der Waals surface area contributed by atoms with Gasteiger partial charge in [-0.15, -0.1) is 0 Å². The second-order valence-corrected chi connectivity index (χ2v) is 8.48. The third-order valence-corrected chi connectivity index (χ3v) is 6.35. The molecule has 172 valence electrons. The molecule has 0 aromatic carbocycles. The summed E-state index contributed by atoms with van der Waals surface area (Å²) in [6, 6.07) is 6.68. The van der Waals surface area contributed by atoms with Crippen LogP contribution in [-0.4, -0.2) is 50.8 Å². The minimum Gasteiger partial charge on any atom is -0.472 e. The maximum absolute atomic E-state index is 16.2. The number of nitrogens with zero attached hydrogens (tertiary/aromatic N) is 4. The summed E-state index contributed by atoms with van der Waals surface area (Å²) in [5.41, 5.74) is -2.96. The lowest BCUT2D eigenvalue weighted by atomic mass is 9.89. The molecule has 3 aliphatic rings. The first-order valence-corrected chi connectivity index (χ1v) is 10.6. The Bertz CT molecular complexity index is 1100. The van der Waals surface area contributed by atoms with Gasteiger partial charge in [0.15, 0.2) is 0 Å². The number of amides is 1. The Balaban J connectivity index is 1.35. The number of hydrogen-bond acceptors (Lipinski definition) is 5. The summed E-state index contributed by atoms with van der Waals surface area (Å²) >= 11 is 0. The molecule has 1 saturated carbocycles. The normalized spacial score (nSPS) is 28.7. The third kappa shape index (κ3) is 3.87. The van der Waals surface area contributed by atoms with Crippen molar-refractivity contribution in [2.45, 2.75) is 43.3 Å². The van der Waals surface area contributed by atoms with E-state index in [0.29, 0.717) is 31.3 Å². The number of hydrogen-bond donors (Lipinski definition) is 0. The van der Waals surface area contributed by atoms with Crippen LogP contribution in [0.3, 0.4) is 0 Å². The summed E-state index contributed by atoms with van der Waals surface area (Å²) in [4.78, 5) is 27.0. The highest BCUT2D eigenvalue weighted by Gasteiger charge is 2.55. The molecule has 4 heterocycles. The van der Waals surface area contributed by atoms with E-state index in [9.17, 15) is 18.0 Å². The lowest BCUT2D eigenvalue weighted by Crippen LogP contribution is -2.57. The molecule has 0 radical (unpaired) electrons. The summed E-state index contributed by atoms with van der Waals surface area (Å²) in [5.74, 6) is -0.534. The van der Waals surface area contributed by atoms with Gasteiger partial charge < -0.3 is 9.64 Å². The van der Waals surface area contributed by atoms with Gasteiger partial charge in [0.1, 0.15) is 11.8 Å². The highest BCUT2D eigenvalue weighted by atomic mass is 19.4. The van der Waals surface area contributed by atoms with E-state index in [2.05, 4.69) is 15.0 Å². The monoisotopic (exact) mass is 460 g/mol. The summed E-state index contributed by atoms with van der Waals surface area (Å²) in [7, 11) is 0. The van der Waals surface area contributed by atoms with Crippen LogP contribution in [0, 0.1) is 5.92 Å². The van der Waals surface area contributed by atoms with Crippen molar-refractivity contribution in [1.29, 1.82) is 0 Å². The van der Waals surface area contributed by atoms with Gasteiger partial charge >= 0.3 is 6.18 Å². The summed E-state index contributed by atoms with van der Waals surface area (Å²) in [5, 5.41) is 0. The van der Waals surface area contributed by atoms with Crippen LogP contribution in [0.5, 0.6) is 5.88 Å². The molecular formula is C23H20F4N4O2. The van der Waals surface area contributed by atoms with Crippen LogP contribution < -0.4 is 4.74 Å². The minimum absolute atomic E-state index is 0.0275. The standard InChI is InChI=1S/C23H20F4N4O2/c24-22(7-3-9-29-20(22)16-4-1-2-8-28-16)21(32)31-13-14-10-17(31)18(11-14)33-19-6-5-15(12-30-19)23(25,26)27/h1-6,8-9,12,14,17-18H,7,10-11,13H2/t14-,17+,18-,22?/m1/s1. The van der Waals surface area contributed by atoms with Crippen LogP contribution in [0.15, 0.2) is 60.0 Å². The zero-order valence-corrected chi connectivity index (χ0v) is 17.4. The number of pyridine rings is 2. The Hall–Kier alpha value is -3.30. The largest absolute Gasteiger partial charge is 0.472 e. The number of piperidine rings is 1. The third-order valence-electron chi connectivity index (χ3n) is 6.35. The van der Waals surface area contributed by atoms with Gasteiger partial charge in [-0.05, 0) is 37.0 Å². The van der Waals surface area contributed by atoms with Crippen LogP contribution in [0.4, 0.5) is 17.6 Å². The fourth-order valence-corrected chi connectivity index (χ4v) is 4.83. The maximum atomic E-state index is 16.2. The number of allylic oxidation sites excluding steroid dienone is 1. The predicted molar refractivity (Wildman–Crippen MR) is 110 cm³/mol. The van der Waals surface area contributed by atoms with E-state index in [1.807, 2.05) is 0 Å². The SMILES string of the molecule is O=C(N1C[C@H]2C[C@@H](Oc3ccc(C(F)(F)F)cn3)[C@@H]1C2)C1(F)CC=CN=C1c1ccccn1.